The molecule has 160 valence electrons. The second-order valence-corrected chi connectivity index (χ2v) is 5.58. The maximum Gasteiger partial charge on any atom is 0.433 e. The van der Waals surface area contributed by atoms with E-state index in [-0.39, 0.29) is 22.0 Å². The summed E-state index contributed by atoms with van der Waals surface area (Å²) < 4.78 is 70.9. The van der Waals surface area contributed by atoms with Crippen molar-refractivity contribution < 1.29 is 31.5 Å². The quantitative estimate of drug-likeness (QED) is 0.539. The second kappa shape index (κ2) is 8.39. The third kappa shape index (κ3) is 4.67. The fourth-order valence-electron chi connectivity index (χ4n) is 2.18. The minimum Gasteiger partial charge on any atom is -0.367 e. The minimum atomic E-state index is -4.78. The van der Waals surface area contributed by atoms with E-state index in [2.05, 4.69) is 41.4 Å². The summed E-state index contributed by atoms with van der Waals surface area (Å²) in [6, 6.07) is 1.52. The van der Waals surface area contributed by atoms with Crippen molar-refractivity contribution in [3.63, 3.8) is 0 Å². The maximum absolute atomic E-state index is 13.0. The number of nitrogens with zero attached hydrogens (tertiary/aromatic N) is 9. The number of amides is 1. The Morgan fingerprint density at radius 1 is 1.17 bits per heavy atom. The van der Waals surface area contributed by atoms with Crippen molar-refractivity contribution >= 4 is 11.9 Å². The van der Waals surface area contributed by atoms with Gasteiger partial charge in [-0.2, -0.15) is 26.6 Å². The smallest absolute Gasteiger partial charge is 0.367 e. The Hall–Kier alpha value is -3.63. The molecule has 0 radical (unpaired) electrons. The van der Waals surface area contributed by atoms with Gasteiger partial charge in [0.15, 0.2) is 5.82 Å². The van der Waals surface area contributed by atoms with E-state index in [9.17, 15) is 26.7 Å². The molecule has 3 aromatic heterocycles. The number of ether oxygens (including phenoxy) is 1. The number of tetrazole rings is 2. The molecule has 0 aromatic carbocycles. The van der Waals surface area contributed by atoms with Gasteiger partial charge in [0, 0.05) is 7.05 Å². The topological polar surface area (TPSA) is 138 Å². The minimum absolute atomic E-state index is 0.0668. The SMILES string of the molecule is Cn1nnnc1NC(=O)c1ccc(C(F)(F)F)nc1COCc1nnnn1C(F)F. The summed E-state index contributed by atoms with van der Waals surface area (Å²) in [6.45, 7) is -4.23. The Morgan fingerprint density at radius 2 is 1.90 bits per heavy atom. The molecule has 0 saturated heterocycles. The molecular weight excluding hydrogens is 423 g/mol. The highest BCUT2D eigenvalue weighted by Crippen LogP contribution is 2.28. The van der Waals surface area contributed by atoms with Gasteiger partial charge in [0.1, 0.15) is 12.3 Å². The summed E-state index contributed by atoms with van der Waals surface area (Å²) in [5.41, 5.74) is -1.93. The highest BCUT2D eigenvalue weighted by atomic mass is 19.4. The van der Waals surface area contributed by atoms with E-state index in [1.54, 1.807) is 0 Å². The van der Waals surface area contributed by atoms with Crippen LogP contribution in [0, 0.1) is 0 Å². The van der Waals surface area contributed by atoms with Gasteiger partial charge >= 0.3 is 12.7 Å². The molecule has 0 fully saturated rings. The number of halogens is 5. The van der Waals surface area contributed by atoms with Gasteiger partial charge < -0.3 is 4.74 Å². The standard InChI is InChI=1S/C13H11F5N10O2/c1-27-12(22-24-25-27)20-10(29)6-2-3-8(13(16,17)18)19-7(6)4-30-5-9-21-23-26-28(9)11(14)15/h2-3,11H,4-5H2,1H3,(H,20,22,25,29). The van der Waals surface area contributed by atoms with Gasteiger partial charge in [-0.05, 0) is 33.0 Å². The number of rotatable bonds is 7. The Kier molecular flexibility index (Phi) is 5.90. The summed E-state index contributed by atoms with van der Waals surface area (Å²) in [6.07, 6.45) is -4.78. The summed E-state index contributed by atoms with van der Waals surface area (Å²) >= 11 is 0. The number of hydrogen-bond donors (Lipinski definition) is 1. The number of nitrogens with one attached hydrogen (secondary N) is 1. The van der Waals surface area contributed by atoms with Crippen LogP contribution in [0.1, 0.15) is 34.1 Å². The first-order chi connectivity index (χ1) is 14.2. The van der Waals surface area contributed by atoms with Crippen LogP contribution in [0.3, 0.4) is 0 Å². The second-order valence-electron chi connectivity index (χ2n) is 5.58. The lowest BCUT2D eigenvalue weighted by molar-refractivity contribution is -0.141. The molecule has 0 atom stereocenters. The van der Waals surface area contributed by atoms with E-state index < -0.39 is 43.2 Å². The fourth-order valence-corrected chi connectivity index (χ4v) is 2.18. The summed E-state index contributed by atoms with van der Waals surface area (Å²) in [4.78, 5) is 15.9. The monoisotopic (exact) mass is 434 g/mol. The van der Waals surface area contributed by atoms with E-state index in [1.165, 1.54) is 7.05 Å². The zero-order valence-electron chi connectivity index (χ0n) is 14.9. The van der Waals surface area contributed by atoms with Crippen molar-refractivity contribution in [1.29, 1.82) is 0 Å². The molecule has 3 heterocycles. The van der Waals surface area contributed by atoms with Gasteiger partial charge in [0.2, 0.25) is 5.95 Å². The third-order valence-corrected chi connectivity index (χ3v) is 3.57. The first kappa shape index (κ1) is 21.1. The molecule has 0 unspecified atom stereocenters. The number of hydrogen-bond acceptors (Lipinski definition) is 9. The molecule has 0 bridgehead atoms. The van der Waals surface area contributed by atoms with Crippen LogP contribution in [-0.4, -0.2) is 51.3 Å². The van der Waals surface area contributed by atoms with Gasteiger partial charge in [0.25, 0.3) is 5.91 Å². The lowest BCUT2D eigenvalue weighted by atomic mass is 10.1. The molecule has 0 saturated carbocycles. The van der Waals surface area contributed by atoms with Crippen molar-refractivity contribution in [1.82, 2.24) is 45.4 Å². The van der Waals surface area contributed by atoms with E-state index in [1.807, 2.05) is 0 Å². The van der Waals surface area contributed by atoms with Crippen LogP contribution in [0.5, 0.6) is 0 Å². The maximum atomic E-state index is 13.0. The molecule has 1 amide bonds. The number of aromatic nitrogens is 9. The van der Waals surface area contributed by atoms with E-state index in [0.29, 0.717) is 6.07 Å². The predicted octanol–water partition coefficient (Wildman–Crippen LogP) is 0.975. The van der Waals surface area contributed by atoms with Gasteiger partial charge in [0.05, 0.1) is 17.9 Å². The number of pyridine rings is 1. The van der Waals surface area contributed by atoms with Gasteiger partial charge in [-0.1, -0.05) is 5.10 Å². The molecule has 0 aliphatic rings. The highest BCUT2D eigenvalue weighted by Gasteiger charge is 2.33. The van der Waals surface area contributed by atoms with E-state index in [4.69, 9.17) is 4.74 Å². The molecule has 1 N–H and O–H groups in total. The zero-order valence-corrected chi connectivity index (χ0v) is 14.9. The Bertz CT molecular complexity index is 1030. The zero-order chi connectivity index (χ0) is 21.9. The molecule has 3 rings (SSSR count). The molecule has 3 aromatic rings. The largest absolute Gasteiger partial charge is 0.433 e. The van der Waals surface area contributed by atoms with Crippen LogP contribution < -0.4 is 5.32 Å². The first-order valence-electron chi connectivity index (χ1n) is 7.90. The number of anilines is 1. The first-order valence-corrected chi connectivity index (χ1v) is 7.90. The number of alkyl halides is 5. The Morgan fingerprint density at radius 3 is 2.53 bits per heavy atom. The van der Waals surface area contributed by atoms with Crippen molar-refractivity contribution in [3.05, 3.63) is 34.9 Å². The molecule has 17 heteroatoms. The summed E-state index contributed by atoms with van der Waals surface area (Å²) in [5, 5.41) is 22.1. The van der Waals surface area contributed by atoms with Gasteiger partial charge in [-0.3, -0.25) is 10.1 Å². The van der Waals surface area contributed by atoms with Crippen LogP contribution in [-0.2, 0) is 31.2 Å². The van der Waals surface area contributed by atoms with Crippen LogP contribution in [0.15, 0.2) is 12.1 Å². The summed E-state index contributed by atoms with van der Waals surface area (Å²) in [7, 11) is 1.43. The molecule has 0 aliphatic carbocycles. The Labute approximate surface area is 163 Å². The number of aryl methyl sites for hydroxylation is 1. The fraction of sp³-hybridized carbons (Fsp3) is 0.385. The van der Waals surface area contributed by atoms with Crippen molar-refractivity contribution in [3.8, 4) is 0 Å². The van der Waals surface area contributed by atoms with Crippen molar-refractivity contribution in [2.75, 3.05) is 5.32 Å². The van der Waals surface area contributed by atoms with Crippen molar-refractivity contribution in [2.24, 2.45) is 7.05 Å². The normalized spacial score (nSPS) is 11.8. The van der Waals surface area contributed by atoms with Crippen molar-refractivity contribution in [2.45, 2.75) is 25.9 Å². The Balaban J connectivity index is 1.81. The number of carbonyl (C=O) groups is 1. The lowest BCUT2D eigenvalue weighted by Crippen LogP contribution is -2.20. The lowest BCUT2D eigenvalue weighted by Gasteiger charge is -2.12. The van der Waals surface area contributed by atoms with Crippen LogP contribution in [0.4, 0.5) is 27.9 Å². The molecule has 12 nitrogen and oxygen atoms in total. The molecule has 0 spiro atoms. The van der Waals surface area contributed by atoms with E-state index >= 15 is 0 Å². The molecule has 30 heavy (non-hydrogen) atoms. The average Bonchev–Trinajstić information content (AvgIpc) is 3.30. The van der Waals surface area contributed by atoms with Crippen LogP contribution >= 0.6 is 0 Å². The number of carbonyl (C=O) groups excluding carboxylic acids is 1. The predicted molar refractivity (Wildman–Crippen MR) is 83.6 cm³/mol. The summed E-state index contributed by atoms with van der Waals surface area (Å²) in [5.74, 6) is -1.29. The van der Waals surface area contributed by atoms with Crippen LogP contribution in [0.2, 0.25) is 0 Å². The third-order valence-electron chi connectivity index (χ3n) is 3.57. The molecular formula is C13H11F5N10O2. The van der Waals surface area contributed by atoms with Gasteiger partial charge in [-0.25, -0.2) is 9.67 Å². The van der Waals surface area contributed by atoms with E-state index in [0.717, 1.165) is 10.7 Å². The van der Waals surface area contributed by atoms with Crippen LogP contribution in [0.25, 0.3) is 0 Å². The van der Waals surface area contributed by atoms with Gasteiger partial charge in [-0.15, -0.1) is 5.10 Å². The molecule has 0 aliphatic heterocycles. The average molecular weight is 434 g/mol. The highest BCUT2D eigenvalue weighted by molar-refractivity contribution is 6.04.